The minimum atomic E-state index is -0.772. The van der Waals surface area contributed by atoms with Crippen LogP contribution < -0.4 is 5.73 Å². The maximum absolute atomic E-state index is 9.99. The molecular formula is C12H18N2O2. The van der Waals surface area contributed by atoms with Crippen molar-refractivity contribution in [3.63, 3.8) is 0 Å². The Bertz CT molecular complexity index is 377. The van der Waals surface area contributed by atoms with E-state index < -0.39 is 6.23 Å². The zero-order valence-electron chi connectivity index (χ0n) is 9.68. The number of nitrogen functional groups attached to an aromatic ring is 1. The third-order valence-electron chi connectivity index (χ3n) is 2.98. The van der Waals surface area contributed by atoms with Gasteiger partial charge in [0.1, 0.15) is 0 Å². The van der Waals surface area contributed by atoms with Gasteiger partial charge in [-0.15, -0.1) is 0 Å². The van der Waals surface area contributed by atoms with Gasteiger partial charge in [-0.1, -0.05) is 6.07 Å². The molecule has 1 atom stereocenters. The van der Waals surface area contributed by atoms with E-state index in [1.54, 1.807) is 13.1 Å². The maximum Gasteiger partial charge on any atom is 0.155 e. The molecule has 1 aliphatic carbocycles. The Labute approximate surface area is 95.6 Å². The molecule has 3 N–H and O–H groups in total. The molecule has 1 aromatic rings. The van der Waals surface area contributed by atoms with E-state index in [1.165, 1.54) is 30.6 Å². The van der Waals surface area contributed by atoms with Crippen molar-refractivity contribution < 1.29 is 9.94 Å². The van der Waals surface area contributed by atoms with Gasteiger partial charge in [0.25, 0.3) is 0 Å². The Kier molecular flexibility index (Phi) is 3.14. The predicted molar refractivity (Wildman–Crippen MR) is 62.6 cm³/mol. The number of benzene rings is 1. The summed E-state index contributed by atoms with van der Waals surface area (Å²) in [4.78, 5) is 4.96. The molecule has 0 heterocycles. The van der Waals surface area contributed by atoms with Gasteiger partial charge in [-0.25, -0.2) is 0 Å². The van der Waals surface area contributed by atoms with Crippen LogP contribution in [0.5, 0.6) is 0 Å². The molecule has 1 aromatic carbocycles. The lowest BCUT2D eigenvalue weighted by atomic mass is 10.0. The Balaban J connectivity index is 2.25. The van der Waals surface area contributed by atoms with Crippen LogP contribution in [-0.4, -0.2) is 24.3 Å². The van der Waals surface area contributed by atoms with Crippen molar-refractivity contribution in [1.82, 2.24) is 5.06 Å². The van der Waals surface area contributed by atoms with Crippen LogP contribution in [0.3, 0.4) is 0 Å². The summed E-state index contributed by atoms with van der Waals surface area (Å²) in [6.45, 7) is 0. The molecule has 1 unspecified atom stereocenters. The number of anilines is 1. The quantitative estimate of drug-likeness (QED) is 0.462. The number of nitrogens with zero attached hydrogens (tertiary/aromatic N) is 1. The Morgan fingerprint density at radius 2 is 2.12 bits per heavy atom. The molecule has 0 aliphatic heterocycles. The molecule has 0 aromatic heterocycles. The monoisotopic (exact) mass is 222 g/mol. The first kappa shape index (κ1) is 11.4. The summed E-state index contributed by atoms with van der Waals surface area (Å²) in [5.74, 6) is 0.627. The second kappa shape index (κ2) is 4.41. The van der Waals surface area contributed by atoms with E-state index in [0.29, 0.717) is 11.6 Å². The van der Waals surface area contributed by atoms with Crippen molar-refractivity contribution in [2.24, 2.45) is 0 Å². The SMILES string of the molecule is CON(C)C(O)c1cc(N)cc(C2CC2)c1. The Morgan fingerprint density at radius 3 is 2.69 bits per heavy atom. The minimum absolute atomic E-state index is 0.627. The number of aliphatic hydroxyl groups is 1. The van der Waals surface area contributed by atoms with Crippen LogP contribution in [0.1, 0.15) is 36.1 Å². The van der Waals surface area contributed by atoms with E-state index in [1.807, 2.05) is 12.1 Å². The first-order valence-electron chi connectivity index (χ1n) is 5.47. The summed E-state index contributed by atoms with van der Waals surface area (Å²) in [6, 6.07) is 5.78. The van der Waals surface area contributed by atoms with Gasteiger partial charge in [0, 0.05) is 12.7 Å². The lowest BCUT2D eigenvalue weighted by Crippen LogP contribution is -2.23. The van der Waals surface area contributed by atoms with Gasteiger partial charge in [0.2, 0.25) is 0 Å². The van der Waals surface area contributed by atoms with Crippen molar-refractivity contribution in [3.05, 3.63) is 29.3 Å². The summed E-state index contributed by atoms with van der Waals surface area (Å²) in [5, 5.41) is 11.4. The van der Waals surface area contributed by atoms with Crippen molar-refractivity contribution in [2.75, 3.05) is 19.9 Å². The third kappa shape index (κ3) is 2.35. The highest BCUT2D eigenvalue weighted by atomic mass is 16.7. The van der Waals surface area contributed by atoms with Crippen LogP contribution in [0.4, 0.5) is 5.69 Å². The summed E-state index contributed by atoms with van der Waals surface area (Å²) in [6.07, 6.45) is 1.67. The molecule has 4 nitrogen and oxygen atoms in total. The van der Waals surface area contributed by atoms with Gasteiger partial charge < -0.3 is 10.8 Å². The number of hydroxylamine groups is 2. The zero-order valence-corrected chi connectivity index (χ0v) is 9.68. The Morgan fingerprint density at radius 1 is 1.44 bits per heavy atom. The van der Waals surface area contributed by atoms with Gasteiger partial charge in [0.05, 0.1) is 7.11 Å². The summed E-state index contributed by atoms with van der Waals surface area (Å²) in [5.41, 5.74) is 8.54. The normalized spacial score (nSPS) is 17.8. The largest absolute Gasteiger partial charge is 0.399 e. The van der Waals surface area contributed by atoms with Crippen LogP contribution in [0.25, 0.3) is 0 Å². The first-order chi connectivity index (χ1) is 7.61. The van der Waals surface area contributed by atoms with E-state index >= 15 is 0 Å². The number of rotatable bonds is 4. The number of nitrogens with two attached hydrogens (primary N) is 1. The van der Waals surface area contributed by atoms with Gasteiger partial charge >= 0.3 is 0 Å². The third-order valence-corrected chi connectivity index (χ3v) is 2.98. The molecule has 88 valence electrons. The van der Waals surface area contributed by atoms with Crippen LogP contribution in [-0.2, 0) is 4.84 Å². The molecule has 0 spiro atoms. The molecule has 0 radical (unpaired) electrons. The Hall–Kier alpha value is -1.10. The maximum atomic E-state index is 9.99. The standard InChI is InChI=1S/C12H18N2O2/c1-14(16-2)12(15)10-5-9(8-3-4-8)6-11(13)7-10/h5-8,12,15H,3-4,13H2,1-2H3. The highest BCUT2D eigenvalue weighted by Crippen LogP contribution is 2.41. The average Bonchev–Trinajstić information content (AvgIpc) is 3.10. The van der Waals surface area contributed by atoms with E-state index in [9.17, 15) is 5.11 Å². The molecule has 1 saturated carbocycles. The number of hydrogen-bond donors (Lipinski definition) is 2. The van der Waals surface area contributed by atoms with Gasteiger partial charge in [-0.2, -0.15) is 5.06 Å². The lowest BCUT2D eigenvalue weighted by Gasteiger charge is -2.21. The fourth-order valence-corrected chi connectivity index (χ4v) is 1.81. The smallest absolute Gasteiger partial charge is 0.155 e. The second-order valence-corrected chi connectivity index (χ2v) is 4.31. The minimum Gasteiger partial charge on any atom is -0.399 e. The van der Waals surface area contributed by atoms with Crippen LogP contribution in [0.15, 0.2) is 18.2 Å². The number of aliphatic hydroxyl groups excluding tert-OH is 1. The summed E-state index contributed by atoms with van der Waals surface area (Å²) < 4.78 is 0. The van der Waals surface area contributed by atoms with Crippen molar-refractivity contribution in [1.29, 1.82) is 0 Å². The van der Waals surface area contributed by atoms with Crippen LogP contribution in [0, 0.1) is 0 Å². The van der Waals surface area contributed by atoms with E-state index in [-0.39, 0.29) is 0 Å². The second-order valence-electron chi connectivity index (χ2n) is 4.31. The van der Waals surface area contributed by atoms with Gasteiger partial charge in [0.15, 0.2) is 6.23 Å². The van der Waals surface area contributed by atoms with Gasteiger partial charge in [-0.3, -0.25) is 4.84 Å². The highest BCUT2D eigenvalue weighted by molar-refractivity contribution is 5.47. The zero-order chi connectivity index (χ0) is 11.7. The molecule has 0 amide bonds. The van der Waals surface area contributed by atoms with E-state index in [0.717, 1.165) is 5.56 Å². The number of hydrogen-bond acceptors (Lipinski definition) is 4. The molecular weight excluding hydrogens is 204 g/mol. The molecule has 1 aliphatic rings. The molecule has 16 heavy (non-hydrogen) atoms. The van der Waals surface area contributed by atoms with Crippen molar-refractivity contribution in [3.8, 4) is 0 Å². The van der Waals surface area contributed by atoms with Crippen LogP contribution in [0.2, 0.25) is 0 Å². The summed E-state index contributed by atoms with van der Waals surface area (Å²) >= 11 is 0. The molecule has 2 rings (SSSR count). The van der Waals surface area contributed by atoms with E-state index in [4.69, 9.17) is 10.6 Å². The fraction of sp³-hybridized carbons (Fsp3) is 0.500. The predicted octanol–water partition coefficient (Wildman–Crippen LogP) is 1.63. The van der Waals surface area contributed by atoms with Crippen molar-refractivity contribution >= 4 is 5.69 Å². The molecule has 4 heteroatoms. The van der Waals surface area contributed by atoms with Gasteiger partial charge in [-0.05, 0) is 42.0 Å². The molecule has 0 saturated heterocycles. The van der Waals surface area contributed by atoms with E-state index in [2.05, 4.69) is 0 Å². The lowest BCUT2D eigenvalue weighted by molar-refractivity contribution is -0.206. The fourth-order valence-electron chi connectivity index (χ4n) is 1.81. The summed E-state index contributed by atoms with van der Waals surface area (Å²) in [7, 11) is 3.21. The molecule has 0 bridgehead atoms. The molecule has 1 fully saturated rings. The average molecular weight is 222 g/mol. The highest BCUT2D eigenvalue weighted by Gasteiger charge is 2.25. The van der Waals surface area contributed by atoms with Crippen LogP contribution >= 0.6 is 0 Å². The topological polar surface area (TPSA) is 58.7 Å². The first-order valence-corrected chi connectivity index (χ1v) is 5.47. The van der Waals surface area contributed by atoms with Crippen molar-refractivity contribution in [2.45, 2.75) is 25.0 Å².